The van der Waals surface area contributed by atoms with Crippen molar-refractivity contribution in [2.75, 3.05) is 44.2 Å². The lowest BCUT2D eigenvalue weighted by Gasteiger charge is -2.36. The molecule has 220 valence electrons. The number of ether oxygens (including phenoxy) is 1. The van der Waals surface area contributed by atoms with Crippen LogP contribution >= 0.6 is 0 Å². The summed E-state index contributed by atoms with van der Waals surface area (Å²) >= 11 is 0. The molecule has 1 atom stereocenters. The molecule has 3 aliphatic heterocycles. The highest BCUT2D eigenvalue weighted by Gasteiger charge is 2.44. The lowest BCUT2D eigenvalue weighted by Crippen LogP contribution is -2.54. The molecule has 0 aliphatic carbocycles. The topological polar surface area (TPSA) is 142 Å². The molecule has 1 unspecified atom stereocenters. The van der Waals surface area contributed by atoms with Crippen LogP contribution in [0.25, 0.3) is 11.1 Å². The van der Waals surface area contributed by atoms with Gasteiger partial charge in [0.1, 0.15) is 18.4 Å². The minimum absolute atomic E-state index is 0.0881. The number of anilines is 1. The largest absolute Gasteiger partial charge is 0.492 e. The van der Waals surface area contributed by atoms with Crippen LogP contribution in [-0.2, 0) is 9.59 Å². The quantitative estimate of drug-likeness (QED) is 0.385. The van der Waals surface area contributed by atoms with E-state index in [2.05, 4.69) is 15.1 Å². The molecule has 11 nitrogen and oxygen atoms in total. The third-order valence-corrected chi connectivity index (χ3v) is 8.17. The average molecular weight is 582 g/mol. The average Bonchev–Trinajstić information content (AvgIpc) is 3.26. The van der Waals surface area contributed by atoms with Crippen LogP contribution in [-0.4, -0.2) is 84.7 Å². The van der Waals surface area contributed by atoms with E-state index in [4.69, 9.17) is 10.5 Å². The molecule has 0 aromatic heterocycles. The third-order valence-electron chi connectivity index (χ3n) is 8.17. The van der Waals surface area contributed by atoms with Crippen molar-refractivity contribution in [3.05, 3.63) is 83.4 Å². The van der Waals surface area contributed by atoms with Gasteiger partial charge in [-0.1, -0.05) is 24.3 Å². The first kappa shape index (κ1) is 28.1. The minimum Gasteiger partial charge on any atom is -0.492 e. The number of imide groups is 2. The molecule has 0 spiro atoms. The summed E-state index contributed by atoms with van der Waals surface area (Å²) in [5, 5.41) is 2.22. The van der Waals surface area contributed by atoms with Crippen LogP contribution in [0.1, 0.15) is 43.9 Å². The van der Waals surface area contributed by atoms with E-state index in [0.717, 1.165) is 60.2 Å². The fourth-order valence-corrected chi connectivity index (χ4v) is 5.77. The summed E-state index contributed by atoms with van der Waals surface area (Å²) in [5.41, 5.74) is 9.16. The van der Waals surface area contributed by atoms with Gasteiger partial charge in [0.15, 0.2) is 0 Å². The number of carbonyl (C=O) groups is 5. The van der Waals surface area contributed by atoms with Crippen molar-refractivity contribution < 1.29 is 28.7 Å². The number of nitrogens with two attached hydrogens (primary N) is 1. The molecular formula is C32H31N5O6. The van der Waals surface area contributed by atoms with Crippen LogP contribution in [0.4, 0.5) is 5.69 Å². The number of benzene rings is 3. The van der Waals surface area contributed by atoms with Gasteiger partial charge in [0, 0.05) is 50.4 Å². The van der Waals surface area contributed by atoms with Gasteiger partial charge in [0.25, 0.3) is 11.8 Å². The maximum atomic E-state index is 13.2. The summed E-state index contributed by atoms with van der Waals surface area (Å²) < 4.78 is 6.04. The lowest BCUT2D eigenvalue weighted by molar-refractivity contribution is -0.136. The summed E-state index contributed by atoms with van der Waals surface area (Å²) in [6.45, 7) is 4.38. The van der Waals surface area contributed by atoms with Gasteiger partial charge in [0.05, 0.1) is 11.1 Å². The van der Waals surface area contributed by atoms with E-state index in [9.17, 15) is 24.0 Å². The van der Waals surface area contributed by atoms with Gasteiger partial charge in [-0.15, -0.1) is 0 Å². The van der Waals surface area contributed by atoms with Crippen molar-refractivity contribution >= 4 is 35.2 Å². The van der Waals surface area contributed by atoms with Crippen LogP contribution < -0.4 is 20.7 Å². The number of nitrogens with zero attached hydrogens (tertiary/aromatic N) is 3. The zero-order chi connectivity index (χ0) is 30.1. The maximum absolute atomic E-state index is 13.2. The molecule has 3 aromatic rings. The highest BCUT2D eigenvalue weighted by molar-refractivity contribution is 6.23. The van der Waals surface area contributed by atoms with Gasteiger partial charge in [-0.2, -0.15) is 0 Å². The SMILES string of the molecule is NC(=O)c1ccc(-c2cccc(OCCN3CCN(c4ccc5c(c4)C(=O)N(C4CCC(=O)NC4=O)C5=O)CC3)c2)cc1. The number of hydrogen-bond donors (Lipinski definition) is 2. The number of nitrogens with one attached hydrogen (secondary N) is 1. The first-order valence-corrected chi connectivity index (χ1v) is 14.2. The van der Waals surface area contributed by atoms with E-state index in [1.54, 1.807) is 24.3 Å². The van der Waals surface area contributed by atoms with Crippen LogP contribution in [0.3, 0.4) is 0 Å². The molecule has 11 heteroatoms. The smallest absolute Gasteiger partial charge is 0.262 e. The fraction of sp³-hybridized carbons (Fsp3) is 0.281. The Morgan fingerprint density at radius 1 is 0.860 bits per heavy atom. The van der Waals surface area contributed by atoms with Gasteiger partial charge in [-0.3, -0.25) is 39.1 Å². The molecule has 0 radical (unpaired) electrons. The molecule has 2 fully saturated rings. The van der Waals surface area contributed by atoms with Gasteiger partial charge in [-0.25, -0.2) is 0 Å². The van der Waals surface area contributed by atoms with E-state index in [-0.39, 0.29) is 24.0 Å². The van der Waals surface area contributed by atoms with Gasteiger partial charge < -0.3 is 15.4 Å². The standard InChI is InChI=1S/C32H31N5O6/c33-29(39)21-6-4-20(5-7-21)22-2-1-3-24(18-22)43-17-16-35-12-14-36(15-13-35)23-8-9-25-26(19-23)32(42)37(31(25)41)27-10-11-28(38)34-30(27)40/h1-9,18-19,27H,10-17H2,(H2,33,39)(H,34,38,40). The number of piperidine rings is 1. The second-order valence-corrected chi connectivity index (χ2v) is 10.8. The lowest BCUT2D eigenvalue weighted by atomic mass is 10.0. The summed E-state index contributed by atoms with van der Waals surface area (Å²) in [4.78, 5) is 66.8. The molecule has 3 aromatic carbocycles. The van der Waals surface area contributed by atoms with Crippen molar-refractivity contribution in [2.24, 2.45) is 5.73 Å². The Kier molecular flexibility index (Phi) is 7.64. The van der Waals surface area contributed by atoms with Crippen LogP contribution in [0.15, 0.2) is 66.7 Å². The Labute approximate surface area is 248 Å². The number of hydrogen-bond acceptors (Lipinski definition) is 8. The normalized spacial score (nSPS) is 18.9. The Balaban J connectivity index is 1.01. The van der Waals surface area contributed by atoms with Crippen LogP contribution in [0, 0.1) is 0 Å². The van der Waals surface area contributed by atoms with E-state index in [0.29, 0.717) is 12.2 Å². The maximum Gasteiger partial charge on any atom is 0.262 e. The third kappa shape index (κ3) is 5.71. The predicted molar refractivity (Wildman–Crippen MR) is 158 cm³/mol. The molecule has 2 saturated heterocycles. The van der Waals surface area contributed by atoms with E-state index < -0.39 is 35.6 Å². The summed E-state index contributed by atoms with van der Waals surface area (Å²) in [5.74, 6) is -1.71. The molecule has 43 heavy (non-hydrogen) atoms. The Morgan fingerprint density at radius 3 is 2.33 bits per heavy atom. The first-order chi connectivity index (χ1) is 20.8. The van der Waals surface area contributed by atoms with Gasteiger partial charge >= 0.3 is 0 Å². The molecule has 6 rings (SSSR count). The van der Waals surface area contributed by atoms with Crippen molar-refractivity contribution in [3.63, 3.8) is 0 Å². The Morgan fingerprint density at radius 2 is 1.60 bits per heavy atom. The molecular weight excluding hydrogens is 550 g/mol. The van der Waals surface area contributed by atoms with Gasteiger partial charge in [0.2, 0.25) is 17.7 Å². The van der Waals surface area contributed by atoms with Gasteiger partial charge in [-0.05, 0) is 60.0 Å². The number of primary amides is 1. The fourth-order valence-electron chi connectivity index (χ4n) is 5.77. The monoisotopic (exact) mass is 581 g/mol. The van der Waals surface area contributed by atoms with Crippen molar-refractivity contribution in [2.45, 2.75) is 18.9 Å². The Bertz CT molecular complexity index is 1610. The molecule has 3 aliphatic rings. The number of carbonyl (C=O) groups excluding carboxylic acids is 5. The number of fused-ring (bicyclic) bond motifs is 1. The molecule has 3 heterocycles. The van der Waals surface area contributed by atoms with Crippen LogP contribution in [0.5, 0.6) is 5.75 Å². The zero-order valence-electron chi connectivity index (χ0n) is 23.5. The molecule has 5 amide bonds. The molecule has 3 N–H and O–H groups in total. The predicted octanol–water partition coefficient (Wildman–Crippen LogP) is 2.05. The van der Waals surface area contributed by atoms with E-state index in [1.807, 2.05) is 42.5 Å². The second-order valence-electron chi connectivity index (χ2n) is 10.8. The molecule has 0 bridgehead atoms. The number of piperazine rings is 1. The van der Waals surface area contributed by atoms with E-state index in [1.165, 1.54) is 0 Å². The summed E-state index contributed by atoms with van der Waals surface area (Å²) in [6, 6.07) is 19.2. The van der Waals surface area contributed by atoms with Crippen LogP contribution in [0.2, 0.25) is 0 Å². The molecule has 0 saturated carbocycles. The number of rotatable bonds is 8. The zero-order valence-corrected chi connectivity index (χ0v) is 23.5. The Hall–Kier alpha value is -5.03. The second kappa shape index (κ2) is 11.7. The highest BCUT2D eigenvalue weighted by atomic mass is 16.5. The van der Waals surface area contributed by atoms with Crippen molar-refractivity contribution in [1.82, 2.24) is 15.1 Å². The van der Waals surface area contributed by atoms with E-state index >= 15 is 0 Å². The highest BCUT2D eigenvalue weighted by Crippen LogP contribution is 2.31. The summed E-state index contributed by atoms with van der Waals surface area (Å²) in [6.07, 6.45) is 0.219. The first-order valence-electron chi connectivity index (χ1n) is 14.2. The number of amides is 5. The minimum atomic E-state index is -0.975. The van der Waals surface area contributed by atoms with Crippen molar-refractivity contribution in [3.8, 4) is 16.9 Å². The summed E-state index contributed by atoms with van der Waals surface area (Å²) in [7, 11) is 0. The van der Waals surface area contributed by atoms with Crippen molar-refractivity contribution in [1.29, 1.82) is 0 Å².